The Hall–Kier alpha value is -1.96. The summed E-state index contributed by atoms with van der Waals surface area (Å²) in [6.45, 7) is 5.95. The maximum atomic E-state index is 10.0. The molecule has 18 heavy (non-hydrogen) atoms. The lowest BCUT2D eigenvalue weighted by molar-refractivity contribution is 0.455. The van der Waals surface area contributed by atoms with E-state index in [1.54, 1.807) is 12.1 Å². The van der Waals surface area contributed by atoms with Crippen LogP contribution in [0.3, 0.4) is 0 Å². The van der Waals surface area contributed by atoms with Gasteiger partial charge < -0.3 is 10.2 Å². The molecule has 0 amide bonds. The van der Waals surface area contributed by atoms with Crippen LogP contribution in [-0.4, -0.2) is 10.2 Å². The topological polar surface area (TPSA) is 40.5 Å². The van der Waals surface area contributed by atoms with E-state index in [1.165, 1.54) is 0 Å². The molecule has 2 heteroatoms. The van der Waals surface area contributed by atoms with Crippen LogP contribution in [0.1, 0.15) is 35.1 Å². The average Bonchev–Trinajstić information content (AvgIpc) is 2.28. The second-order valence-electron chi connectivity index (χ2n) is 4.74. The molecule has 0 aromatic heterocycles. The fourth-order valence-electron chi connectivity index (χ4n) is 2.60. The standard InChI is InChI=1S/C16H18O2/c1-10-6-4-8-13(17)15(10)12(3)16-11(2)7-5-9-14(16)18/h4-9,12,17-18H,1-3H3. The van der Waals surface area contributed by atoms with Gasteiger partial charge in [-0.25, -0.2) is 0 Å². The lowest BCUT2D eigenvalue weighted by Crippen LogP contribution is -2.02. The first-order valence-corrected chi connectivity index (χ1v) is 6.09. The van der Waals surface area contributed by atoms with Crippen LogP contribution >= 0.6 is 0 Å². The Morgan fingerprint density at radius 1 is 0.778 bits per heavy atom. The highest BCUT2D eigenvalue weighted by Gasteiger charge is 2.19. The largest absolute Gasteiger partial charge is 0.508 e. The fraction of sp³-hybridized carbons (Fsp3) is 0.250. The van der Waals surface area contributed by atoms with Gasteiger partial charge in [0.2, 0.25) is 0 Å². The van der Waals surface area contributed by atoms with Crippen LogP contribution in [0.15, 0.2) is 36.4 Å². The molecule has 2 nitrogen and oxygen atoms in total. The minimum absolute atomic E-state index is 0.0348. The molecule has 0 atom stereocenters. The SMILES string of the molecule is Cc1cccc(O)c1C(C)c1c(C)cccc1O. The summed E-state index contributed by atoms with van der Waals surface area (Å²) in [5.41, 5.74) is 3.82. The highest BCUT2D eigenvalue weighted by atomic mass is 16.3. The molecule has 0 unspecified atom stereocenters. The Labute approximate surface area is 108 Å². The maximum absolute atomic E-state index is 10.0. The third kappa shape index (κ3) is 2.06. The van der Waals surface area contributed by atoms with Gasteiger partial charge in [0.1, 0.15) is 11.5 Å². The van der Waals surface area contributed by atoms with Crippen molar-refractivity contribution in [1.29, 1.82) is 0 Å². The molecular weight excluding hydrogens is 224 g/mol. The van der Waals surface area contributed by atoms with Gasteiger partial charge in [-0.05, 0) is 37.1 Å². The van der Waals surface area contributed by atoms with Crippen LogP contribution in [0.25, 0.3) is 0 Å². The Morgan fingerprint density at radius 3 is 1.50 bits per heavy atom. The van der Waals surface area contributed by atoms with Crippen LogP contribution in [0.5, 0.6) is 11.5 Å². The van der Waals surface area contributed by atoms with Gasteiger partial charge in [-0.3, -0.25) is 0 Å². The Morgan fingerprint density at radius 2 is 1.17 bits per heavy atom. The first-order valence-electron chi connectivity index (χ1n) is 6.09. The summed E-state index contributed by atoms with van der Waals surface area (Å²) in [5, 5.41) is 20.0. The summed E-state index contributed by atoms with van der Waals surface area (Å²) in [7, 11) is 0. The van der Waals surface area contributed by atoms with Crippen molar-refractivity contribution in [2.24, 2.45) is 0 Å². The molecule has 0 heterocycles. The molecule has 94 valence electrons. The molecule has 2 rings (SSSR count). The van der Waals surface area contributed by atoms with Crippen molar-refractivity contribution in [1.82, 2.24) is 0 Å². The van der Waals surface area contributed by atoms with Crippen molar-refractivity contribution in [2.45, 2.75) is 26.7 Å². The molecule has 0 saturated carbocycles. The number of hydrogen-bond donors (Lipinski definition) is 2. The van der Waals surface area contributed by atoms with Crippen molar-refractivity contribution < 1.29 is 10.2 Å². The number of hydrogen-bond acceptors (Lipinski definition) is 2. The third-order valence-electron chi connectivity index (χ3n) is 3.47. The molecule has 0 radical (unpaired) electrons. The zero-order chi connectivity index (χ0) is 13.3. The molecule has 0 aliphatic rings. The summed E-state index contributed by atoms with van der Waals surface area (Å²) < 4.78 is 0. The predicted octanol–water partition coefficient (Wildman–Crippen LogP) is 3.87. The Kier molecular flexibility index (Phi) is 3.28. The predicted molar refractivity (Wildman–Crippen MR) is 73.2 cm³/mol. The minimum Gasteiger partial charge on any atom is -0.508 e. The van der Waals surface area contributed by atoms with Gasteiger partial charge in [-0.2, -0.15) is 0 Å². The molecule has 0 saturated heterocycles. The molecular formula is C16H18O2. The molecule has 0 spiro atoms. The maximum Gasteiger partial charge on any atom is 0.119 e. The van der Waals surface area contributed by atoms with E-state index in [-0.39, 0.29) is 17.4 Å². The first-order chi connectivity index (χ1) is 8.52. The lowest BCUT2D eigenvalue weighted by atomic mass is 9.86. The summed E-state index contributed by atoms with van der Waals surface area (Å²) in [4.78, 5) is 0. The Bertz CT molecular complexity index is 481. The number of rotatable bonds is 2. The van der Waals surface area contributed by atoms with E-state index in [0.29, 0.717) is 0 Å². The van der Waals surface area contributed by atoms with E-state index in [4.69, 9.17) is 0 Å². The first kappa shape index (κ1) is 12.5. The normalized spacial score (nSPS) is 10.9. The van der Waals surface area contributed by atoms with Gasteiger partial charge in [0.05, 0.1) is 0 Å². The average molecular weight is 242 g/mol. The van der Waals surface area contributed by atoms with E-state index in [2.05, 4.69) is 0 Å². The van der Waals surface area contributed by atoms with Crippen LogP contribution in [-0.2, 0) is 0 Å². The van der Waals surface area contributed by atoms with E-state index in [1.807, 2.05) is 45.0 Å². The van der Waals surface area contributed by atoms with E-state index >= 15 is 0 Å². The van der Waals surface area contributed by atoms with Crippen LogP contribution in [0, 0.1) is 13.8 Å². The van der Waals surface area contributed by atoms with Crippen molar-refractivity contribution in [3.63, 3.8) is 0 Å². The molecule has 0 fully saturated rings. The quantitative estimate of drug-likeness (QED) is 0.839. The monoisotopic (exact) mass is 242 g/mol. The second-order valence-corrected chi connectivity index (χ2v) is 4.74. The molecule has 0 aliphatic heterocycles. The molecule has 0 bridgehead atoms. The summed E-state index contributed by atoms with van der Waals surface area (Å²) in [6.07, 6.45) is 0. The molecule has 2 aromatic carbocycles. The number of benzene rings is 2. The van der Waals surface area contributed by atoms with E-state index < -0.39 is 0 Å². The highest BCUT2D eigenvalue weighted by Crippen LogP contribution is 2.38. The number of phenolic OH excluding ortho intramolecular Hbond substituents is 2. The Balaban J connectivity index is 2.58. The zero-order valence-electron chi connectivity index (χ0n) is 10.9. The minimum atomic E-state index is -0.0348. The summed E-state index contributed by atoms with van der Waals surface area (Å²) >= 11 is 0. The summed E-state index contributed by atoms with van der Waals surface area (Å²) in [6, 6.07) is 11.0. The molecule has 0 aliphatic carbocycles. The van der Waals surface area contributed by atoms with Crippen molar-refractivity contribution in [3.8, 4) is 11.5 Å². The molecule has 2 N–H and O–H groups in total. The van der Waals surface area contributed by atoms with Gasteiger partial charge in [-0.1, -0.05) is 31.2 Å². The van der Waals surface area contributed by atoms with Gasteiger partial charge >= 0.3 is 0 Å². The number of phenols is 2. The van der Waals surface area contributed by atoms with Gasteiger partial charge in [0.15, 0.2) is 0 Å². The van der Waals surface area contributed by atoms with Crippen LogP contribution in [0.4, 0.5) is 0 Å². The zero-order valence-corrected chi connectivity index (χ0v) is 10.9. The number of aromatic hydroxyl groups is 2. The fourth-order valence-corrected chi connectivity index (χ4v) is 2.60. The van der Waals surface area contributed by atoms with Crippen LogP contribution < -0.4 is 0 Å². The third-order valence-corrected chi connectivity index (χ3v) is 3.47. The van der Waals surface area contributed by atoms with Gasteiger partial charge in [-0.15, -0.1) is 0 Å². The van der Waals surface area contributed by atoms with Gasteiger partial charge in [0.25, 0.3) is 0 Å². The van der Waals surface area contributed by atoms with Crippen LogP contribution in [0.2, 0.25) is 0 Å². The smallest absolute Gasteiger partial charge is 0.119 e. The van der Waals surface area contributed by atoms with E-state index in [9.17, 15) is 10.2 Å². The lowest BCUT2D eigenvalue weighted by Gasteiger charge is -2.19. The highest BCUT2D eigenvalue weighted by molar-refractivity contribution is 5.51. The van der Waals surface area contributed by atoms with E-state index in [0.717, 1.165) is 22.3 Å². The molecule has 2 aromatic rings. The van der Waals surface area contributed by atoms with Crippen molar-refractivity contribution >= 4 is 0 Å². The summed E-state index contributed by atoms with van der Waals surface area (Å²) in [5.74, 6) is 0.530. The van der Waals surface area contributed by atoms with Gasteiger partial charge in [0, 0.05) is 17.0 Å². The second kappa shape index (κ2) is 4.73. The van der Waals surface area contributed by atoms with Crippen molar-refractivity contribution in [2.75, 3.05) is 0 Å². The number of aryl methyl sites for hydroxylation is 2. The van der Waals surface area contributed by atoms with Crippen molar-refractivity contribution in [3.05, 3.63) is 58.7 Å².